The van der Waals surface area contributed by atoms with E-state index in [4.69, 9.17) is 17.3 Å². The number of halogens is 2. The van der Waals surface area contributed by atoms with E-state index in [9.17, 15) is 4.39 Å². The molecule has 0 saturated carbocycles. The molecule has 0 bridgehead atoms. The monoisotopic (exact) mass is 243 g/mol. The van der Waals surface area contributed by atoms with Crippen molar-refractivity contribution in [2.75, 3.05) is 0 Å². The van der Waals surface area contributed by atoms with Crippen LogP contribution >= 0.6 is 11.6 Å². The average molecular weight is 244 g/mol. The van der Waals surface area contributed by atoms with Crippen molar-refractivity contribution >= 4 is 11.6 Å². The molecule has 0 amide bonds. The van der Waals surface area contributed by atoms with Crippen LogP contribution in [-0.2, 0) is 6.42 Å². The zero-order chi connectivity index (χ0) is 12.3. The molecule has 0 saturated heterocycles. The highest BCUT2D eigenvalue weighted by molar-refractivity contribution is 6.31. The van der Waals surface area contributed by atoms with Gasteiger partial charge in [0.2, 0.25) is 0 Å². The summed E-state index contributed by atoms with van der Waals surface area (Å²) in [6.07, 6.45) is 2.60. The summed E-state index contributed by atoms with van der Waals surface area (Å²) in [5.74, 6) is -0.189. The Kier molecular flexibility index (Phi) is 4.34. The molecule has 2 N–H and O–H groups in total. The topological polar surface area (TPSA) is 26.0 Å². The lowest BCUT2D eigenvalue weighted by Crippen LogP contribution is -2.31. The lowest BCUT2D eigenvalue weighted by Gasteiger charge is -2.18. The molecule has 0 aliphatic rings. The molecule has 1 aromatic rings. The van der Waals surface area contributed by atoms with Crippen molar-refractivity contribution < 1.29 is 4.39 Å². The zero-order valence-corrected chi connectivity index (χ0v) is 10.9. The van der Waals surface area contributed by atoms with Crippen LogP contribution in [0.25, 0.3) is 0 Å². The summed E-state index contributed by atoms with van der Waals surface area (Å²) in [7, 11) is 0. The first-order valence-electron chi connectivity index (χ1n) is 5.53. The highest BCUT2D eigenvalue weighted by Gasteiger charge is 2.11. The largest absolute Gasteiger partial charge is 0.326 e. The summed E-state index contributed by atoms with van der Waals surface area (Å²) in [4.78, 5) is 0. The van der Waals surface area contributed by atoms with Crippen LogP contribution in [0.15, 0.2) is 12.1 Å². The van der Waals surface area contributed by atoms with E-state index in [0.717, 1.165) is 24.8 Å². The molecule has 1 nitrogen and oxygen atoms in total. The summed E-state index contributed by atoms with van der Waals surface area (Å²) in [5, 5.41) is 0.647. The zero-order valence-electron chi connectivity index (χ0n) is 10.1. The van der Waals surface area contributed by atoms with Crippen LogP contribution in [0.4, 0.5) is 4.39 Å². The van der Waals surface area contributed by atoms with Gasteiger partial charge in [0, 0.05) is 10.6 Å². The summed E-state index contributed by atoms with van der Waals surface area (Å²) in [6.45, 7) is 5.70. The van der Waals surface area contributed by atoms with Gasteiger partial charge in [-0.25, -0.2) is 4.39 Å². The van der Waals surface area contributed by atoms with Gasteiger partial charge in [-0.15, -0.1) is 0 Å². The smallest absolute Gasteiger partial charge is 0.126 e. The van der Waals surface area contributed by atoms with Gasteiger partial charge >= 0.3 is 0 Å². The molecule has 3 heteroatoms. The minimum Gasteiger partial charge on any atom is -0.326 e. The molecule has 1 rings (SSSR count). The molecule has 90 valence electrons. The van der Waals surface area contributed by atoms with E-state index in [2.05, 4.69) is 0 Å². The van der Waals surface area contributed by atoms with Crippen molar-refractivity contribution in [3.63, 3.8) is 0 Å². The van der Waals surface area contributed by atoms with Gasteiger partial charge in [0.1, 0.15) is 5.82 Å². The molecular weight excluding hydrogens is 225 g/mol. The van der Waals surface area contributed by atoms with Crippen molar-refractivity contribution in [3.05, 3.63) is 34.1 Å². The number of benzene rings is 1. The van der Waals surface area contributed by atoms with Gasteiger partial charge in [-0.1, -0.05) is 11.6 Å². The SMILES string of the molecule is Cc1cc(Cl)c(CCCC(C)(C)N)cc1F. The average Bonchev–Trinajstić information content (AvgIpc) is 2.11. The molecule has 0 unspecified atom stereocenters. The van der Waals surface area contributed by atoms with Gasteiger partial charge in [0.05, 0.1) is 0 Å². The van der Waals surface area contributed by atoms with Crippen LogP contribution in [0, 0.1) is 12.7 Å². The third kappa shape index (κ3) is 4.11. The molecule has 0 aromatic heterocycles. The molecule has 0 heterocycles. The maximum Gasteiger partial charge on any atom is 0.126 e. The lowest BCUT2D eigenvalue weighted by molar-refractivity contribution is 0.459. The van der Waals surface area contributed by atoms with E-state index in [1.165, 1.54) is 6.07 Å². The first kappa shape index (κ1) is 13.5. The number of aryl methyl sites for hydroxylation is 2. The number of hydrogen-bond donors (Lipinski definition) is 1. The van der Waals surface area contributed by atoms with E-state index in [1.807, 2.05) is 13.8 Å². The predicted molar refractivity (Wildman–Crippen MR) is 67.4 cm³/mol. The first-order chi connectivity index (χ1) is 7.29. The maximum atomic E-state index is 13.3. The number of rotatable bonds is 4. The second-order valence-electron chi connectivity index (χ2n) is 5.03. The van der Waals surface area contributed by atoms with Crippen molar-refractivity contribution in [2.45, 2.75) is 45.6 Å². The Hall–Kier alpha value is -0.600. The highest BCUT2D eigenvalue weighted by Crippen LogP contribution is 2.23. The molecule has 0 aliphatic carbocycles. The van der Waals surface area contributed by atoms with E-state index in [1.54, 1.807) is 13.0 Å². The minimum atomic E-state index is -0.189. The van der Waals surface area contributed by atoms with E-state index < -0.39 is 0 Å². The quantitative estimate of drug-likeness (QED) is 0.854. The van der Waals surface area contributed by atoms with Crippen molar-refractivity contribution in [2.24, 2.45) is 5.73 Å². The van der Waals surface area contributed by atoms with Crippen molar-refractivity contribution in [1.82, 2.24) is 0 Å². The standard InChI is InChI=1S/C13H19ClFN/c1-9-7-11(14)10(8-12(9)15)5-4-6-13(2,3)16/h7-8H,4-6,16H2,1-3H3. The molecule has 16 heavy (non-hydrogen) atoms. The van der Waals surface area contributed by atoms with E-state index >= 15 is 0 Å². The lowest BCUT2D eigenvalue weighted by atomic mass is 9.96. The van der Waals surface area contributed by atoms with Crippen LogP contribution in [0.5, 0.6) is 0 Å². The maximum absolute atomic E-state index is 13.3. The van der Waals surface area contributed by atoms with Gasteiger partial charge in [-0.05, 0) is 63.3 Å². The van der Waals surface area contributed by atoms with Crippen LogP contribution in [0.2, 0.25) is 5.02 Å². The van der Waals surface area contributed by atoms with Crippen molar-refractivity contribution in [1.29, 1.82) is 0 Å². The molecule has 0 aliphatic heterocycles. The molecular formula is C13H19ClFN. The first-order valence-corrected chi connectivity index (χ1v) is 5.91. The second-order valence-corrected chi connectivity index (χ2v) is 5.44. The van der Waals surface area contributed by atoms with Gasteiger partial charge in [-0.3, -0.25) is 0 Å². The summed E-state index contributed by atoms with van der Waals surface area (Å²) < 4.78 is 13.3. The Balaban J connectivity index is 2.64. The Morgan fingerprint density at radius 3 is 2.56 bits per heavy atom. The Labute approximate surface area is 102 Å². The molecule has 0 fully saturated rings. The van der Waals surface area contributed by atoms with Gasteiger partial charge in [0.25, 0.3) is 0 Å². The van der Waals surface area contributed by atoms with Crippen LogP contribution in [-0.4, -0.2) is 5.54 Å². The van der Waals surface area contributed by atoms with E-state index in [-0.39, 0.29) is 11.4 Å². The number of hydrogen-bond acceptors (Lipinski definition) is 1. The summed E-state index contributed by atoms with van der Waals surface area (Å²) in [6, 6.07) is 3.21. The third-order valence-electron chi connectivity index (χ3n) is 2.59. The van der Waals surface area contributed by atoms with E-state index in [0.29, 0.717) is 10.6 Å². The molecule has 0 atom stereocenters. The molecule has 0 spiro atoms. The van der Waals surface area contributed by atoms with Crippen LogP contribution in [0.3, 0.4) is 0 Å². The predicted octanol–water partition coefficient (Wildman–Crippen LogP) is 3.85. The van der Waals surface area contributed by atoms with Crippen LogP contribution < -0.4 is 5.73 Å². The number of nitrogens with two attached hydrogens (primary N) is 1. The van der Waals surface area contributed by atoms with Gasteiger partial charge in [-0.2, -0.15) is 0 Å². The second kappa shape index (κ2) is 5.15. The summed E-state index contributed by atoms with van der Waals surface area (Å²) in [5.41, 5.74) is 7.17. The molecule has 0 radical (unpaired) electrons. The highest BCUT2D eigenvalue weighted by atomic mass is 35.5. The Bertz CT molecular complexity index is 369. The minimum absolute atomic E-state index is 0.171. The van der Waals surface area contributed by atoms with Gasteiger partial charge < -0.3 is 5.73 Å². The van der Waals surface area contributed by atoms with Crippen LogP contribution in [0.1, 0.15) is 37.8 Å². The fourth-order valence-electron chi connectivity index (χ4n) is 1.61. The fraction of sp³-hybridized carbons (Fsp3) is 0.538. The normalized spacial score (nSPS) is 11.9. The van der Waals surface area contributed by atoms with Gasteiger partial charge in [0.15, 0.2) is 0 Å². The fourth-order valence-corrected chi connectivity index (χ4v) is 1.93. The summed E-state index contributed by atoms with van der Waals surface area (Å²) >= 11 is 6.05. The Morgan fingerprint density at radius 2 is 2.00 bits per heavy atom. The Morgan fingerprint density at radius 1 is 1.38 bits per heavy atom. The third-order valence-corrected chi connectivity index (χ3v) is 2.95. The van der Waals surface area contributed by atoms with Crippen molar-refractivity contribution in [3.8, 4) is 0 Å². The molecule has 1 aromatic carbocycles.